The first kappa shape index (κ1) is 26.1. The minimum absolute atomic E-state index is 0.0737. The molecule has 6 nitrogen and oxygen atoms in total. The summed E-state index contributed by atoms with van der Waals surface area (Å²) in [6, 6.07) is 6.88. The van der Waals surface area contributed by atoms with E-state index in [1.165, 1.54) is 11.6 Å². The topological polar surface area (TPSA) is 85.2 Å². The van der Waals surface area contributed by atoms with Gasteiger partial charge in [-0.2, -0.15) is 0 Å². The second kappa shape index (κ2) is 10.2. The smallest absolute Gasteiger partial charge is 0.201 e. The number of carbonyl (C=O) groups is 1. The van der Waals surface area contributed by atoms with Crippen molar-refractivity contribution in [2.45, 2.75) is 71.8 Å². The molecule has 36 heavy (non-hydrogen) atoms. The SMILES string of the molecule is CCCCOc1cc(OC)cc2c1C(=O)c1c(O)ccc(OC)c1[C@H]2CC1=C(C)C(O)CCC1(C)C. The van der Waals surface area contributed by atoms with Crippen molar-refractivity contribution in [3.8, 4) is 23.0 Å². The normalized spacial score (nSPS) is 20.6. The Morgan fingerprint density at radius 3 is 2.50 bits per heavy atom. The molecular weight excluding hydrogens is 456 g/mol. The predicted molar refractivity (Wildman–Crippen MR) is 140 cm³/mol. The summed E-state index contributed by atoms with van der Waals surface area (Å²) in [6.07, 6.45) is 3.51. The molecule has 0 heterocycles. The Morgan fingerprint density at radius 2 is 1.83 bits per heavy atom. The summed E-state index contributed by atoms with van der Waals surface area (Å²) in [5.74, 6) is 0.970. The number of unbranched alkanes of at least 4 members (excludes halogenated alkanes) is 1. The molecule has 6 heteroatoms. The number of aliphatic hydroxyl groups excluding tert-OH is 1. The third-order valence-corrected chi connectivity index (χ3v) is 7.92. The first-order valence-electron chi connectivity index (χ1n) is 12.8. The molecule has 0 aliphatic heterocycles. The molecule has 2 aromatic carbocycles. The van der Waals surface area contributed by atoms with Crippen LogP contribution in [0, 0.1) is 5.41 Å². The fourth-order valence-electron chi connectivity index (χ4n) is 5.77. The van der Waals surface area contributed by atoms with Gasteiger partial charge in [0.1, 0.15) is 23.0 Å². The zero-order valence-corrected chi connectivity index (χ0v) is 22.2. The lowest BCUT2D eigenvalue weighted by atomic mass is 9.65. The number of carbonyl (C=O) groups excluding carboxylic acids is 1. The van der Waals surface area contributed by atoms with E-state index in [0.717, 1.165) is 36.8 Å². The summed E-state index contributed by atoms with van der Waals surface area (Å²) in [6.45, 7) is 8.98. The van der Waals surface area contributed by atoms with Crippen LogP contribution in [0.2, 0.25) is 0 Å². The molecule has 2 atom stereocenters. The van der Waals surface area contributed by atoms with Crippen molar-refractivity contribution in [1.29, 1.82) is 0 Å². The average Bonchev–Trinajstić information content (AvgIpc) is 2.85. The molecule has 1 unspecified atom stereocenters. The molecule has 4 rings (SSSR count). The maximum atomic E-state index is 13.9. The van der Waals surface area contributed by atoms with Crippen LogP contribution in [-0.2, 0) is 0 Å². The van der Waals surface area contributed by atoms with Crippen LogP contribution in [0.4, 0.5) is 0 Å². The Kier molecular flexibility index (Phi) is 7.37. The molecule has 0 saturated heterocycles. The molecule has 2 aliphatic rings. The number of benzene rings is 2. The maximum absolute atomic E-state index is 13.9. The molecule has 0 amide bonds. The number of hydrogen-bond donors (Lipinski definition) is 2. The van der Waals surface area contributed by atoms with E-state index in [2.05, 4.69) is 20.8 Å². The molecule has 2 N–H and O–H groups in total. The van der Waals surface area contributed by atoms with E-state index in [1.54, 1.807) is 26.4 Å². The number of ketones is 1. The Bertz CT molecular complexity index is 1190. The van der Waals surface area contributed by atoms with Gasteiger partial charge in [-0.1, -0.05) is 32.8 Å². The van der Waals surface area contributed by atoms with Gasteiger partial charge in [0.05, 0.1) is 38.1 Å². The van der Waals surface area contributed by atoms with Gasteiger partial charge >= 0.3 is 0 Å². The fourth-order valence-corrected chi connectivity index (χ4v) is 5.77. The lowest BCUT2D eigenvalue weighted by Gasteiger charge is -2.40. The van der Waals surface area contributed by atoms with Crippen LogP contribution < -0.4 is 14.2 Å². The minimum atomic E-state index is -0.485. The van der Waals surface area contributed by atoms with Gasteiger partial charge in [-0.15, -0.1) is 0 Å². The molecule has 2 aromatic rings. The van der Waals surface area contributed by atoms with Gasteiger partial charge in [-0.05, 0) is 67.4 Å². The predicted octanol–water partition coefficient (Wildman–Crippen LogP) is 6.15. The monoisotopic (exact) mass is 494 g/mol. The molecule has 194 valence electrons. The number of fused-ring (bicyclic) bond motifs is 2. The van der Waals surface area contributed by atoms with Crippen molar-refractivity contribution in [1.82, 2.24) is 0 Å². The highest BCUT2D eigenvalue weighted by atomic mass is 16.5. The lowest BCUT2D eigenvalue weighted by Crippen LogP contribution is -2.30. The number of ether oxygens (including phenoxy) is 3. The zero-order valence-electron chi connectivity index (χ0n) is 22.2. The number of rotatable bonds is 8. The number of hydrogen-bond acceptors (Lipinski definition) is 6. The van der Waals surface area contributed by atoms with Gasteiger partial charge in [0, 0.05) is 17.5 Å². The summed E-state index contributed by atoms with van der Waals surface area (Å²) in [7, 11) is 3.18. The van der Waals surface area contributed by atoms with Gasteiger partial charge in [0.15, 0.2) is 0 Å². The quantitative estimate of drug-likeness (QED) is 0.338. The molecule has 0 spiro atoms. The van der Waals surface area contributed by atoms with E-state index in [1.807, 2.05) is 13.0 Å². The van der Waals surface area contributed by atoms with Crippen molar-refractivity contribution < 1.29 is 29.2 Å². The van der Waals surface area contributed by atoms with Gasteiger partial charge in [0.25, 0.3) is 0 Å². The van der Waals surface area contributed by atoms with Crippen molar-refractivity contribution >= 4 is 5.78 Å². The van der Waals surface area contributed by atoms with E-state index in [-0.39, 0.29) is 28.4 Å². The number of aromatic hydroxyl groups is 1. The first-order valence-corrected chi connectivity index (χ1v) is 12.8. The van der Waals surface area contributed by atoms with E-state index < -0.39 is 6.10 Å². The standard InChI is InChI=1S/C30H38O6/c1-7-8-13-36-25-15-18(34-5)14-19-20(16-21-17(2)22(31)11-12-30(21,3)4)26-24(35-6)10-9-23(32)28(26)29(33)27(19)25/h9-10,14-15,20,22,31-32H,7-8,11-13,16H2,1-6H3/t20-,22?/m0/s1. The second-order valence-corrected chi connectivity index (χ2v) is 10.6. The number of aliphatic hydroxyl groups is 1. The summed E-state index contributed by atoms with van der Waals surface area (Å²) in [5, 5.41) is 21.6. The van der Waals surface area contributed by atoms with Crippen molar-refractivity contribution in [3.05, 3.63) is 57.7 Å². The number of phenolic OH excluding ortho intramolecular Hbond substituents is 1. The molecule has 0 fully saturated rings. The van der Waals surface area contributed by atoms with E-state index in [9.17, 15) is 15.0 Å². The molecule has 2 aliphatic carbocycles. The Labute approximate surface area is 213 Å². The van der Waals surface area contributed by atoms with Crippen LogP contribution in [0.3, 0.4) is 0 Å². The van der Waals surface area contributed by atoms with Crippen LogP contribution >= 0.6 is 0 Å². The van der Waals surface area contributed by atoms with Crippen LogP contribution in [0.5, 0.6) is 23.0 Å². The van der Waals surface area contributed by atoms with Crippen LogP contribution in [0.1, 0.15) is 92.8 Å². The van der Waals surface area contributed by atoms with Gasteiger partial charge < -0.3 is 24.4 Å². The van der Waals surface area contributed by atoms with E-state index in [0.29, 0.717) is 41.4 Å². The molecule has 0 bridgehead atoms. The minimum Gasteiger partial charge on any atom is -0.507 e. The number of allylic oxidation sites excluding steroid dienone is 1. The van der Waals surface area contributed by atoms with Crippen LogP contribution in [0.25, 0.3) is 0 Å². The van der Waals surface area contributed by atoms with E-state index >= 15 is 0 Å². The maximum Gasteiger partial charge on any atom is 0.201 e. The molecule has 0 radical (unpaired) electrons. The highest BCUT2D eigenvalue weighted by molar-refractivity contribution is 6.16. The van der Waals surface area contributed by atoms with Crippen molar-refractivity contribution in [3.63, 3.8) is 0 Å². The third-order valence-electron chi connectivity index (χ3n) is 7.92. The lowest BCUT2D eigenvalue weighted by molar-refractivity contribution is 0.102. The van der Waals surface area contributed by atoms with Crippen LogP contribution in [-0.4, -0.2) is 42.9 Å². The van der Waals surface area contributed by atoms with Gasteiger partial charge in [-0.3, -0.25) is 4.79 Å². The summed E-state index contributed by atoms with van der Waals surface area (Å²) >= 11 is 0. The van der Waals surface area contributed by atoms with Crippen molar-refractivity contribution in [2.24, 2.45) is 5.41 Å². The number of phenols is 1. The van der Waals surface area contributed by atoms with Crippen molar-refractivity contribution in [2.75, 3.05) is 20.8 Å². The summed E-state index contributed by atoms with van der Waals surface area (Å²) in [5.41, 5.74) is 4.20. The second-order valence-electron chi connectivity index (χ2n) is 10.6. The average molecular weight is 495 g/mol. The third kappa shape index (κ3) is 4.47. The highest BCUT2D eigenvalue weighted by Gasteiger charge is 2.41. The first-order chi connectivity index (χ1) is 17.1. The summed E-state index contributed by atoms with van der Waals surface area (Å²) in [4.78, 5) is 13.9. The largest absolute Gasteiger partial charge is 0.507 e. The summed E-state index contributed by atoms with van der Waals surface area (Å²) < 4.78 is 17.5. The highest BCUT2D eigenvalue weighted by Crippen LogP contribution is 2.53. The molecule has 0 aromatic heterocycles. The zero-order chi connectivity index (χ0) is 26.2. The van der Waals surface area contributed by atoms with Gasteiger partial charge in [0.2, 0.25) is 5.78 Å². The van der Waals surface area contributed by atoms with E-state index in [4.69, 9.17) is 14.2 Å². The van der Waals surface area contributed by atoms with Gasteiger partial charge in [-0.25, -0.2) is 0 Å². The number of methoxy groups -OCH3 is 2. The molecule has 0 saturated carbocycles. The Hall–Kier alpha value is -2.99. The fraction of sp³-hybridized carbons (Fsp3) is 0.500. The van der Waals surface area contributed by atoms with Crippen LogP contribution in [0.15, 0.2) is 35.4 Å². The Morgan fingerprint density at radius 1 is 1.08 bits per heavy atom. The molecular formula is C30H38O6. The Balaban J connectivity index is 1.99.